The summed E-state index contributed by atoms with van der Waals surface area (Å²) >= 11 is 6.00. The van der Waals surface area contributed by atoms with Gasteiger partial charge in [-0.2, -0.15) is 0 Å². The Morgan fingerprint density at radius 3 is 2.41 bits per heavy atom. The van der Waals surface area contributed by atoms with Gasteiger partial charge >= 0.3 is 0 Å². The average molecular weight is 714 g/mol. The SMILES string of the molecule is C=CCCCC/C(=C/Cl)NC(N)N1CCC(CCCOC(=C)/C=C(/F)C(=C)CC(=O)N2CCC(O)(C(=O)NCC(CO)(CO)CO)C2)CC1. The number of β-amino-alcohol motifs (C(OH)–C–C–N with tert-alkyl or cyclic N) is 1. The molecule has 0 aliphatic carbocycles. The Morgan fingerprint density at radius 1 is 1.12 bits per heavy atom. The highest BCUT2D eigenvalue weighted by Crippen LogP contribution is 2.26. The lowest BCUT2D eigenvalue weighted by molar-refractivity contribution is -0.141. The summed E-state index contributed by atoms with van der Waals surface area (Å²) in [4.78, 5) is 28.9. The van der Waals surface area contributed by atoms with Crippen LogP contribution in [0.1, 0.15) is 64.2 Å². The van der Waals surface area contributed by atoms with Gasteiger partial charge in [0, 0.05) is 49.9 Å². The summed E-state index contributed by atoms with van der Waals surface area (Å²) in [5.74, 6) is -1.42. The number of unbranched alkanes of at least 4 members (excludes halogenated alkanes) is 2. The molecule has 2 heterocycles. The van der Waals surface area contributed by atoms with E-state index in [-0.39, 0.29) is 50.1 Å². The first-order valence-electron chi connectivity index (χ1n) is 17.0. The van der Waals surface area contributed by atoms with Crippen LogP contribution < -0.4 is 16.4 Å². The molecule has 2 aliphatic rings. The summed E-state index contributed by atoms with van der Waals surface area (Å²) in [5.41, 5.74) is 5.56. The molecule has 2 saturated heterocycles. The third-order valence-corrected chi connectivity index (χ3v) is 9.56. The number of halogens is 2. The minimum atomic E-state index is -1.91. The van der Waals surface area contributed by atoms with Crippen LogP contribution in [0.5, 0.6) is 0 Å². The molecule has 0 aromatic rings. The Labute approximate surface area is 295 Å². The van der Waals surface area contributed by atoms with Crippen LogP contribution in [0.25, 0.3) is 0 Å². The summed E-state index contributed by atoms with van der Waals surface area (Å²) < 4.78 is 20.4. The predicted octanol–water partition coefficient (Wildman–Crippen LogP) is 2.51. The van der Waals surface area contributed by atoms with Gasteiger partial charge in [0.25, 0.3) is 5.91 Å². The van der Waals surface area contributed by atoms with Gasteiger partial charge in [0.1, 0.15) is 17.9 Å². The maximum Gasteiger partial charge on any atom is 0.253 e. The number of allylic oxidation sites excluding steroid dienone is 4. The van der Waals surface area contributed by atoms with Crippen LogP contribution in [-0.4, -0.2) is 113 Å². The van der Waals surface area contributed by atoms with E-state index in [0.29, 0.717) is 12.5 Å². The minimum absolute atomic E-state index is 0.0573. The Morgan fingerprint density at radius 2 is 1.80 bits per heavy atom. The van der Waals surface area contributed by atoms with Crippen molar-refractivity contribution < 1.29 is 39.1 Å². The highest BCUT2D eigenvalue weighted by Gasteiger charge is 2.45. The molecule has 2 fully saturated rings. The van der Waals surface area contributed by atoms with Crippen LogP contribution >= 0.6 is 11.6 Å². The molecule has 0 aromatic heterocycles. The zero-order valence-corrected chi connectivity index (χ0v) is 29.4. The summed E-state index contributed by atoms with van der Waals surface area (Å²) in [7, 11) is 0. The molecule has 2 rings (SSSR count). The zero-order chi connectivity index (χ0) is 36.5. The van der Waals surface area contributed by atoms with Crippen molar-refractivity contribution in [3.05, 3.63) is 60.3 Å². The van der Waals surface area contributed by atoms with Gasteiger partial charge in [-0.05, 0) is 62.9 Å². The van der Waals surface area contributed by atoms with Gasteiger partial charge in [0.15, 0.2) is 5.60 Å². The monoisotopic (exact) mass is 713 g/mol. The topological polar surface area (TPSA) is 181 Å². The van der Waals surface area contributed by atoms with E-state index in [1.807, 2.05) is 6.08 Å². The smallest absolute Gasteiger partial charge is 0.253 e. The number of piperidine rings is 1. The fourth-order valence-electron chi connectivity index (χ4n) is 5.74. The van der Waals surface area contributed by atoms with Crippen molar-refractivity contribution in [3.63, 3.8) is 0 Å². The molecule has 278 valence electrons. The van der Waals surface area contributed by atoms with Crippen molar-refractivity contribution >= 4 is 23.4 Å². The Balaban J connectivity index is 1.68. The van der Waals surface area contributed by atoms with Crippen molar-refractivity contribution in [1.82, 2.24) is 20.4 Å². The lowest BCUT2D eigenvalue weighted by Gasteiger charge is -2.36. The van der Waals surface area contributed by atoms with Gasteiger partial charge in [0.05, 0.1) is 44.8 Å². The third-order valence-electron chi connectivity index (χ3n) is 9.30. The first-order chi connectivity index (χ1) is 23.3. The minimum Gasteiger partial charge on any atom is -0.494 e. The Hall–Kier alpha value is -2.78. The van der Waals surface area contributed by atoms with Gasteiger partial charge in [-0.1, -0.05) is 30.8 Å². The van der Waals surface area contributed by atoms with E-state index in [0.717, 1.165) is 76.2 Å². The molecular weight excluding hydrogens is 657 g/mol. The molecule has 0 radical (unpaired) electrons. The number of carbonyl (C=O) groups excluding carboxylic acids is 2. The summed E-state index contributed by atoms with van der Waals surface area (Å²) in [5, 5.41) is 44.9. The van der Waals surface area contributed by atoms with Gasteiger partial charge < -0.3 is 40.7 Å². The van der Waals surface area contributed by atoms with Crippen LogP contribution in [0, 0.1) is 11.3 Å². The zero-order valence-electron chi connectivity index (χ0n) is 28.7. The highest BCUT2D eigenvalue weighted by atomic mass is 35.5. The second-order valence-corrected chi connectivity index (χ2v) is 13.4. The van der Waals surface area contributed by atoms with Crippen LogP contribution in [-0.2, 0) is 14.3 Å². The van der Waals surface area contributed by atoms with Crippen molar-refractivity contribution in [1.29, 1.82) is 0 Å². The lowest BCUT2D eigenvalue weighted by Crippen LogP contribution is -2.54. The van der Waals surface area contributed by atoms with Gasteiger partial charge in [-0.25, -0.2) is 4.39 Å². The number of carbonyl (C=O) groups is 2. The number of aliphatic hydroxyl groups is 4. The molecule has 2 aliphatic heterocycles. The molecule has 0 bridgehead atoms. The molecule has 2 unspecified atom stereocenters. The van der Waals surface area contributed by atoms with Crippen molar-refractivity contribution in [2.75, 3.05) is 59.2 Å². The van der Waals surface area contributed by atoms with Crippen molar-refractivity contribution in [3.8, 4) is 0 Å². The van der Waals surface area contributed by atoms with Gasteiger partial charge in [0.2, 0.25) is 5.91 Å². The summed E-state index contributed by atoms with van der Waals surface area (Å²) in [6, 6.07) is 0. The predicted molar refractivity (Wildman–Crippen MR) is 188 cm³/mol. The van der Waals surface area contributed by atoms with Gasteiger partial charge in [-0.3, -0.25) is 20.2 Å². The average Bonchev–Trinajstić information content (AvgIpc) is 3.52. The fraction of sp³-hybridized carbons (Fsp3) is 0.657. The Kier molecular flexibility index (Phi) is 18.5. The number of nitrogens with zero attached hydrogens (tertiary/aromatic N) is 2. The molecule has 12 nitrogen and oxygen atoms in total. The van der Waals surface area contributed by atoms with Crippen LogP contribution in [0.15, 0.2) is 60.3 Å². The van der Waals surface area contributed by atoms with E-state index >= 15 is 0 Å². The number of nitrogens with two attached hydrogens (primary N) is 1. The molecule has 0 spiro atoms. The largest absolute Gasteiger partial charge is 0.494 e. The molecule has 14 heteroatoms. The number of likely N-dealkylation sites (tertiary alicyclic amines) is 2. The number of ether oxygens (including phenoxy) is 1. The van der Waals surface area contributed by atoms with E-state index in [1.165, 1.54) is 4.90 Å². The summed E-state index contributed by atoms with van der Waals surface area (Å²) in [6.07, 6.45) is 9.94. The number of nitrogens with one attached hydrogen (secondary N) is 2. The lowest BCUT2D eigenvalue weighted by atomic mass is 9.90. The number of aliphatic hydroxyl groups excluding tert-OH is 3. The fourth-order valence-corrected chi connectivity index (χ4v) is 5.92. The second-order valence-electron chi connectivity index (χ2n) is 13.2. The van der Waals surface area contributed by atoms with Crippen molar-refractivity contribution in [2.45, 2.75) is 76.1 Å². The maximum absolute atomic E-state index is 14.8. The number of hydrogen-bond acceptors (Lipinski definition) is 10. The highest BCUT2D eigenvalue weighted by molar-refractivity contribution is 6.25. The first-order valence-corrected chi connectivity index (χ1v) is 17.4. The summed E-state index contributed by atoms with van der Waals surface area (Å²) in [6.45, 7) is 11.0. The van der Waals surface area contributed by atoms with Crippen LogP contribution in [0.2, 0.25) is 0 Å². The van der Waals surface area contributed by atoms with Crippen molar-refractivity contribution in [2.24, 2.45) is 17.1 Å². The Bertz CT molecular complexity index is 1160. The molecule has 2 amide bonds. The van der Waals surface area contributed by atoms with Crippen LogP contribution in [0.4, 0.5) is 4.39 Å². The standard InChI is InChI=1S/C35H57ClFN5O7/c1-4-5-6-7-10-29(20-36)40-33(38)41-14-11-28(12-15-41)9-8-17-49-27(3)19-30(37)26(2)18-31(46)42-16-13-35(48,22-42)32(47)39-21-34(23-43,24-44)25-45/h4,19-20,28,33,40,43-45,48H,1-3,5-18,21-25,38H2,(H,39,47)/b29-20-,30-19+. The number of amides is 2. The number of rotatable bonds is 23. The molecule has 49 heavy (non-hydrogen) atoms. The van der Waals surface area contributed by atoms with E-state index in [4.69, 9.17) is 22.1 Å². The number of hydrogen-bond donors (Lipinski definition) is 7. The molecular formula is C35H57ClFN5O7. The maximum atomic E-state index is 14.8. The molecule has 8 N–H and O–H groups in total. The van der Waals surface area contributed by atoms with E-state index < -0.39 is 48.5 Å². The second kappa shape index (κ2) is 21.4. The van der Waals surface area contributed by atoms with E-state index in [2.05, 4.69) is 35.3 Å². The quantitative estimate of drug-likeness (QED) is 0.0273. The van der Waals surface area contributed by atoms with E-state index in [1.54, 1.807) is 5.54 Å². The first kappa shape index (κ1) is 42.4. The normalized spacial score (nSPS) is 20.2. The van der Waals surface area contributed by atoms with Crippen LogP contribution in [0.3, 0.4) is 0 Å². The van der Waals surface area contributed by atoms with Gasteiger partial charge in [-0.15, -0.1) is 6.58 Å². The molecule has 0 aromatic carbocycles. The third kappa shape index (κ3) is 13.8. The van der Waals surface area contributed by atoms with E-state index in [9.17, 15) is 34.4 Å². The molecule has 0 saturated carbocycles. The molecule has 2 atom stereocenters.